The van der Waals surface area contributed by atoms with Gasteiger partial charge in [-0.15, -0.1) is 0 Å². The summed E-state index contributed by atoms with van der Waals surface area (Å²) >= 11 is 0. The summed E-state index contributed by atoms with van der Waals surface area (Å²) in [5.41, 5.74) is 7.68. The zero-order chi connectivity index (χ0) is 12.7. The molecule has 1 aromatic carbocycles. The molecule has 3 rings (SSSR count). The first-order valence-corrected chi connectivity index (χ1v) is 6.52. The van der Waals surface area contributed by atoms with E-state index in [1.165, 1.54) is 6.07 Å². The molecule has 18 heavy (non-hydrogen) atoms. The van der Waals surface area contributed by atoms with Crippen LogP contribution in [-0.4, -0.2) is 15.6 Å². The molecule has 1 saturated carbocycles. The molecule has 96 valence electrons. The molecule has 2 N–H and O–H groups in total. The van der Waals surface area contributed by atoms with Crippen molar-refractivity contribution in [1.82, 2.24) is 9.55 Å². The van der Waals surface area contributed by atoms with Crippen molar-refractivity contribution in [3.63, 3.8) is 0 Å². The molecule has 1 aliphatic carbocycles. The van der Waals surface area contributed by atoms with Crippen molar-refractivity contribution in [3.05, 3.63) is 29.8 Å². The van der Waals surface area contributed by atoms with Gasteiger partial charge in [-0.05, 0) is 43.9 Å². The number of imidazole rings is 1. The van der Waals surface area contributed by atoms with Crippen molar-refractivity contribution in [2.24, 2.45) is 12.8 Å². The van der Waals surface area contributed by atoms with Gasteiger partial charge in [0.25, 0.3) is 0 Å². The highest BCUT2D eigenvalue weighted by Gasteiger charge is 2.24. The third-order valence-electron chi connectivity index (χ3n) is 4.01. The van der Waals surface area contributed by atoms with Crippen molar-refractivity contribution in [1.29, 1.82) is 0 Å². The van der Waals surface area contributed by atoms with E-state index in [0.29, 0.717) is 12.0 Å². The summed E-state index contributed by atoms with van der Waals surface area (Å²) in [6, 6.07) is 5.12. The summed E-state index contributed by atoms with van der Waals surface area (Å²) in [6.07, 6.45) is 4.28. The van der Waals surface area contributed by atoms with Crippen LogP contribution < -0.4 is 5.73 Å². The Morgan fingerprint density at radius 3 is 2.72 bits per heavy atom. The van der Waals surface area contributed by atoms with E-state index in [1.807, 2.05) is 11.6 Å². The fraction of sp³-hybridized carbons (Fsp3) is 0.500. The summed E-state index contributed by atoms with van der Waals surface area (Å²) in [5, 5.41) is 0. The Morgan fingerprint density at radius 1 is 1.28 bits per heavy atom. The van der Waals surface area contributed by atoms with Gasteiger partial charge in [0.15, 0.2) is 0 Å². The normalized spacial score (nSPS) is 24.6. The number of nitrogens with two attached hydrogens (primary N) is 1. The van der Waals surface area contributed by atoms with Crippen LogP contribution in [0, 0.1) is 5.82 Å². The quantitative estimate of drug-likeness (QED) is 0.842. The number of halogens is 1. The van der Waals surface area contributed by atoms with Crippen molar-refractivity contribution in [2.45, 2.75) is 37.6 Å². The molecular formula is C14H18FN3. The van der Waals surface area contributed by atoms with Gasteiger partial charge in [-0.25, -0.2) is 9.37 Å². The first-order valence-electron chi connectivity index (χ1n) is 6.52. The summed E-state index contributed by atoms with van der Waals surface area (Å²) in [7, 11) is 1.97. The number of aromatic nitrogens is 2. The highest BCUT2D eigenvalue weighted by molar-refractivity contribution is 5.76. The number of hydrogen-bond donors (Lipinski definition) is 1. The lowest BCUT2D eigenvalue weighted by molar-refractivity contribution is 0.380. The number of aryl methyl sites for hydroxylation is 1. The summed E-state index contributed by atoms with van der Waals surface area (Å²) in [4.78, 5) is 4.66. The second-order valence-corrected chi connectivity index (χ2v) is 5.27. The van der Waals surface area contributed by atoms with E-state index in [2.05, 4.69) is 4.98 Å². The Hall–Kier alpha value is -1.42. The van der Waals surface area contributed by atoms with Crippen LogP contribution >= 0.6 is 0 Å². The molecule has 0 amide bonds. The first-order chi connectivity index (χ1) is 8.65. The average Bonchev–Trinajstić information content (AvgIpc) is 2.68. The van der Waals surface area contributed by atoms with Crippen LogP contribution in [0.15, 0.2) is 18.2 Å². The Morgan fingerprint density at radius 2 is 2.00 bits per heavy atom. The summed E-state index contributed by atoms with van der Waals surface area (Å²) < 4.78 is 15.3. The smallest absolute Gasteiger partial charge is 0.125 e. The second kappa shape index (κ2) is 4.35. The Labute approximate surface area is 106 Å². The van der Waals surface area contributed by atoms with Crippen LogP contribution in [0.4, 0.5) is 4.39 Å². The highest BCUT2D eigenvalue weighted by Crippen LogP contribution is 2.33. The Balaban J connectivity index is 1.99. The van der Waals surface area contributed by atoms with Crippen molar-refractivity contribution in [3.8, 4) is 0 Å². The molecule has 1 heterocycles. The zero-order valence-corrected chi connectivity index (χ0v) is 10.6. The predicted octanol–water partition coefficient (Wildman–Crippen LogP) is 2.70. The molecule has 3 nitrogen and oxygen atoms in total. The van der Waals surface area contributed by atoms with E-state index < -0.39 is 0 Å². The Bertz CT molecular complexity index is 568. The largest absolute Gasteiger partial charge is 0.331 e. The SMILES string of the molecule is Cn1c(C2CCC(N)CC2)nc2ccc(F)cc21. The minimum absolute atomic E-state index is 0.206. The van der Waals surface area contributed by atoms with Gasteiger partial charge in [-0.3, -0.25) is 0 Å². The first kappa shape index (κ1) is 11.7. The fourth-order valence-corrected chi connectivity index (χ4v) is 2.92. The van der Waals surface area contributed by atoms with E-state index in [-0.39, 0.29) is 5.82 Å². The second-order valence-electron chi connectivity index (χ2n) is 5.27. The average molecular weight is 247 g/mol. The highest BCUT2D eigenvalue weighted by atomic mass is 19.1. The third kappa shape index (κ3) is 1.90. The van der Waals surface area contributed by atoms with E-state index in [9.17, 15) is 4.39 Å². The standard InChI is InChI=1S/C14H18FN3/c1-18-13-8-10(15)4-7-12(13)17-14(18)9-2-5-11(16)6-3-9/h4,7-9,11H,2-3,5-6,16H2,1H3. The molecule has 0 atom stereocenters. The maximum absolute atomic E-state index is 13.3. The van der Waals surface area contributed by atoms with E-state index in [4.69, 9.17) is 5.73 Å². The Kier molecular flexibility index (Phi) is 2.82. The zero-order valence-electron chi connectivity index (χ0n) is 10.6. The maximum Gasteiger partial charge on any atom is 0.125 e. The topological polar surface area (TPSA) is 43.8 Å². The van der Waals surface area contributed by atoms with Crippen molar-refractivity contribution in [2.75, 3.05) is 0 Å². The number of fused-ring (bicyclic) bond motifs is 1. The van der Waals surface area contributed by atoms with Gasteiger partial charge in [-0.1, -0.05) is 0 Å². The van der Waals surface area contributed by atoms with Gasteiger partial charge >= 0.3 is 0 Å². The number of benzene rings is 1. The maximum atomic E-state index is 13.3. The number of rotatable bonds is 1. The summed E-state index contributed by atoms with van der Waals surface area (Å²) in [6.45, 7) is 0. The van der Waals surface area contributed by atoms with E-state index in [1.54, 1.807) is 12.1 Å². The molecule has 1 fully saturated rings. The molecule has 0 radical (unpaired) electrons. The molecule has 1 aromatic heterocycles. The van der Waals surface area contributed by atoms with Gasteiger partial charge in [0.2, 0.25) is 0 Å². The van der Waals surface area contributed by atoms with Crippen LogP contribution in [0.25, 0.3) is 11.0 Å². The molecule has 0 unspecified atom stereocenters. The number of nitrogens with zero attached hydrogens (tertiary/aromatic N) is 2. The minimum atomic E-state index is -0.206. The minimum Gasteiger partial charge on any atom is -0.331 e. The predicted molar refractivity (Wildman–Crippen MR) is 69.9 cm³/mol. The van der Waals surface area contributed by atoms with Gasteiger partial charge in [-0.2, -0.15) is 0 Å². The van der Waals surface area contributed by atoms with Crippen LogP contribution in [-0.2, 0) is 7.05 Å². The lowest BCUT2D eigenvalue weighted by Gasteiger charge is -2.25. The fourth-order valence-electron chi connectivity index (χ4n) is 2.92. The monoisotopic (exact) mass is 247 g/mol. The van der Waals surface area contributed by atoms with Crippen LogP contribution in [0.1, 0.15) is 37.4 Å². The van der Waals surface area contributed by atoms with E-state index >= 15 is 0 Å². The molecule has 4 heteroatoms. The molecule has 1 aliphatic rings. The molecule has 0 bridgehead atoms. The van der Waals surface area contributed by atoms with Gasteiger partial charge in [0, 0.05) is 19.0 Å². The van der Waals surface area contributed by atoms with Crippen molar-refractivity contribution < 1.29 is 4.39 Å². The lowest BCUT2D eigenvalue weighted by atomic mass is 9.86. The van der Waals surface area contributed by atoms with Gasteiger partial charge < -0.3 is 10.3 Å². The molecule has 0 saturated heterocycles. The van der Waals surface area contributed by atoms with Crippen LogP contribution in [0.3, 0.4) is 0 Å². The number of hydrogen-bond acceptors (Lipinski definition) is 2. The van der Waals surface area contributed by atoms with Gasteiger partial charge in [0.1, 0.15) is 11.6 Å². The molecule has 0 spiro atoms. The molecular weight excluding hydrogens is 229 g/mol. The van der Waals surface area contributed by atoms with E-state index in [0.717, 1.165) is 42.5 Å². The van der Waals surface area contributed by atoms with Crippen LogP contribution in [0.5, 0.6) is 0 Å². The lowest BCUT2D eigenvalue weighted by Crippen LogP contribution is -2.26. The third-order valence-corrected chi connectivity index (χ3v) is 4.01. The van der Waals surface area contributed by atoms with Gasteiger partial charge in [0.05, 0.1) is 11.0 Å². The van der Waals surface area contributed by atoms with Crippen LogP contribution in [0.2, 0.25) is 0 Å². The molecule has 0 aliphatic heterocycles. The summed E-state index contributed by atoms with van der Waals surface area (Å²) in [5.74, 6) is 1.33. The molecule has 2 aromatic rings. The van der Waals surface area contributed by atoms with Crippen molar-refractivity contribution >= 4 is 11.0 Å².